The number of hydrogen-bond donors (Lipinski definition) is 0. The first-order chi connectivity index (χ1) is 24.9. The third kappa shape index (κ3) is 9.90. The van der Waals surface area contributed by atoms with Crippen LogP contribution < -0.4 is 0 Å². The molecule has 3 aromatic rings. The molecule has 52 heavy (non-hydrogen) atoms. The molecule has 2 aliphatic carbocycles. The van der Waals surface area contributed by atoms with E-state index in [2.05, 4.69) is 41.5 Å². The Labute approximate surface area is 308 Å². The van der Waals surface area contributed by atoms with E-state index in [4.69, 9.17) is 18.9 Å². The van der Waals surface area contributed by atoms with Gasteiger partial charge in [-0.15, -0.1) is 0 Å². The molecule has 6 atom stereocenters. The van der Waals surface area contributed by atoms with Crippen molar-refractivity contribution in [2.75, 3.05) is 0 Å². The predicted octanol–water partition coefficient (Wildman–Crippen LogP) is 9.64. The number of carbonyl (C=O) groups excluding carboxylic acids is 4. The van der Waals surface area contributed by atoms with Gasteiger partial charge in [0.05, 0.1) is 22.3 Å². The second kappa shape index (κ2) is 17.8. The molecule has 2 aliphatic rings. The number of hydrogen-bond acceptors (Lipinski definition) is 8. The lowest BCUT2D eigenvalue weighted by molar-refractivity contribution is -0.0188. The Morgan fingerprint density at radius 1 is 0.538 bits per heavy atom. The summed E-state index contributed by atoms with van der Waals surface area (Å²) in [5.41, 5.74) is 0.845. The fourth-order valence-corrected chi connectivity index (χ4v) is 7.78. The van der Waals surface area contributed by atoms with Crippen LogP contribution in [0.25, 0.3) is 0 Å². The Kier molecular flexibility index (Phi) is 13.3. The number of rotatable bonds is 12. The van der Waals surface area contributed by atoms with E-state index in [9.17, 15) is 19.2 Å². The molecule has 0 radical (unpaired) electrons. The van der Waals surface area contributed by atoms with Gasteiger partial charge in [0, 0.05) is 0 Å². The summed E-state index contributed by atoms with van der Waals surface area (Å²) < 4.78 is 23.8. The van der Waals surface area contributed by atoms with Crippen molar-refractivity contribution >= 4 is 23.9 Å². The molecule has 0 aliphatic heterocycles. The third-order valence-corrected chi connectivity index (χ3v) is 10.9. The molecule has 0 spiro atoms. The minimum Gasteiger partial charge on any atom is -0.458 e. The van der Waals surface area contributed by atoms with Gasteiger partial charge in [-0.1, -0.05) is 115 Å². The van der Waals surface area contributed by atoms with Gasteiger partial charge in [-0.05, 0) is 84.5 Å². The monoisotopic (exact) mass is 710 g/mol. The molecular weight excluding hydrogens is 656 g/mol. The van der Waals surface area contributed by atoms with E-state index in [1.165, 1.54) is 12.1 Å². The van der Waals surface area contributed by atoms with E-state index < -0.39 is 23.9 Å². The fraction of sp³-hybridized carbons (Fsp3) is 0.500. The van der Waals surface area contributed by atoms with Gasteiger partial charge in [0.25, 0.3) is 0 Å². The summed E-state index contributed by atoms with van der Waals surface area (Å²) in [6.07, 6.45) is 4.56. The van der Waals surface area contributed by atoms with Gasteiger partial charge >= 0.3 is 23.9 Å². The molecule has 8 heteroatoms. The lowest BCUT2D eigenvalue weighted by atomic mass is 9.75. The molecule has 0 aromatic heterocycles. The molecule has 0 bridgehead atoms. The highest BCUT2D eigenvalue weighted by atomic mass is 16.6. The summed E-state index contributed by atoms with van der Waals surface area (Å²) >= 11 is 0. The third-order valence-electron chi connectivity index (χ3n) is 10.9. The fourth-order valence-electron chi connectivity index (χ4n) is 7.78. The molecule has 0 N–H and O–H groups in total. The van der Waals surface area contributed by atoms with Crippen molar-refractivity contribution in [3.05, 3.63) is 106 Å². The minimum absolute atomic E-state index is 0.0552. The molecule has 8 nitrogen and oxygen atoms in total. The summed E-state index contributed by atoms with van der Waals surface area (Å²) in [5.74, 6) is -1.59. The Balaban J connectivity index is 1.56. The van der Waals surface area contributed by atoms with Crippen LogP contribution in [-0.2, 0) is 32.2 Å². The van der Waals surface area contributed by atoms with E-state index in [-0.39, 0.29) is 71.3 Å². The molecule has 0 unspecified atom stereocenters. The Hall–Kier alpha value is -4.46. The lowest BCUT2D eigenvalue weighted by Crippen LogP contribution is -2.36. The first-order valence-corrected chi connectivity index (χ1v) is 18.9. The lowest BCUT2D eigenvalue weighted by Gasteiger charge is -2.37. The topological polar surface area (TPSA) is 105 Å². The zero-order valence-electron chi connectivity index (χ0n) is 31.5. The summed E-state index contributed by atoms with van der Waals surface area (Å²) in [4.78, 5) is 56.2. The van der Waals surface area contributed by atoms with Gasteiger partial charge in [-0.25, -0.2) is 19.2 Å². The van der Waals surface area contributed by atoms with Crippen LogP contribution in [0.3, 0.4) is 0 Å². The highest BCUT2D eigenvalue weighted by molar-refractivity contribution is 6.10. The molecule has 2 saturated carbocycles. The van der Waals surface area contributed by atoms with Crippen LogP contribution in [0.15, 0.2) is 72.8 Å². The van der Waals surface area contributed by atoms with Crippen molar-refractivity contribution in [1.82, 2.24) is 0 Å². The van der Waals surface area contributed by atoms with Crippen molar-refractivity contribution in [2.24, 2.45) is 35.5 Å². The quantitative estimate of drug-likeness (QED) is 0.135. The average Bonchev–Trinajstić information content (AvgIpc) is 3.13. The molecular formula is C44H54O8. The summed E-state index contributed by atoms with van der Waals surface area (Å²) in [7, 11) is 0. The largest absolute Gasteiger partial charge is 0.458 e. The van der Waals surface area contributed by atoms with Gasteiger partial charge in [0.15, 0.2) is 0 Å². The van der Waals surface area contributed by atoms with Gasteiger partial charge in [0.1, 0.15) is 25.4 Å². The van der Waals surface area contributed by atoms with Crippen LogP contribution in [-0.4, -0.2) is 36.1 Å². The van der Waals surface area contributed by atoms with Crippen LogP contribution in [0.1, 0.15) is 133 Å². The van der Waals surface area contributed by atoms with Crippen LogP contribution >= 0.6 is 0 Å². The smallest absolute Gasteiger partial charge is 0.339 e. The molecule has 0 heterocycles. The van der Waals surface area contributed by atoms with Gasteiger partial charge in [0.2, 0.25) is 0 Å². The van der Waals surface area contributed by atoms with E-state index in [0.717, 1.165) is 36.8 Å². The molecule has 3 aromatic carbocycles. The van der Waals surface area contributed by atoms with Gasteiger partial charge < -0.3 is 18.9 Å². The summed E-state index contributed by atoms with van der Waals surface area (Å²) in [6, 6.07) is 20.9. The van der Waals surface area contributed by atoms with Crippen molar-refractivity contribution < 1.29 is 38.1 Å². The maximum Gasteiger partial charge on any atom is 0.339 e. The van der Waals surface area contributed by atoms with Crippen molar-refractivity contribution in [3.8, 4) is 0 Å². The van der Waals surface area contributed by atoms with Crippen molar-refractivity contribution in [2.45, 2.75) is 105 Å². The van der Waals surface area contributed by atoms with E-state index >= 15 is 0 Å². The van der Waals surface area contributed by atoms with Gasteiger partial charge in [-0.2, -0.15) is 0 Å². The standard InChI is InChI=1S/C44H54O8/c1-27(2)33-19-17-29(5)21-39(33)51-43(47)37-23-36(42(46)50-26-32-15-11-8-12-16-32)38(24-35(37)41(45)49-25-31-13-9-7-10-14-31)44(48)52-40-22-30(6)18-20-34(40)28(3)4/h7-16,23-24,27-30,33-34,39-40H,17-22,25-26H2,1-6H3/t29-,30-,33+,34+,39-,40-/m1/s1. The normalized spacial score (nSPS) is 23.2. The minimum atomic E-state index is -0.821. The molecule has 5 rings (SSSR count). The predicted molar refractivity (Wildman–Crippen MR) is 199 cm³/mol. The highest BCUT2D eigenvalue weighted by Gasteiger charge is 2.38. The van der Waals surface area contributed by atoms with Crippen molar-refractivity contribution in [1.29, 1.82) is 0 Å². The molecule has 278 valence electrons. The summed E-state index contributed by atoms with van der Waals surface area (Å²) in [6.45, 7) is 12.6. The van der Waals surface area contributed by atoms with Crippen molar-refractivity contribution in [3.63, 3.8) is 0 Å². The van der Waals surface area contributed by atoms with Crippen LogP contribution in [0.2, 0.25) is 0 Å². The van der Waals surface area contributed by atoms with E-state index in [1.54, 1.807) is 0 Å². The van der Waals surface area contributed by atoms with E-state index in [0.29, 0.717) is 24.7 Å². The Morgan fingerprint density at radius 2 is 0.885 bits per heavy atom. The second-order valence-corrected chi connectivity index (χ2v) is 15.6. The molecule has 2 fully saturated rings. The molecule has 0 saturated heterocycles. The summed E-state index contributed by atoms with van der Waals surface area (Å²) in [5, 5.41) is 0. The number of esters is 4. The van der Waals surface area contributed by atoms with Crippen LogP contribution in [0.4, 0.5) is 0 Å². The maximum atomic E-state index is 14.2. The zero-order valence-corrected chi connectivity index (χ0v) is 31.5. The highest BCUT2D eigenvalue weighted by Crippen LogP contribution is 2.38. The Morgan fingerprint density at radius 3 is 1.23 bits per heavy atom. The zero-order chi connectivity index (χ0) is 37.4. The van der Waals surface area contributed by atoms with Gasteiger partial charge in [-0.3, -0.25) is 0 Å². The first-order valence-electron chi connectivity index (χ1n) is 18.9. The first kappa shape index (κ1) is 38.8. The maximum absolute atomic E-state index is 14.2. The van der Waals surface area contributed by atoms with Crippen LogP contribution in [0, 0.1) is 35.5 Å². The average molecular weight is 711 g/mol. The SMILES string of the molecule is CC(C)[C@@H]1CC[C@@H](C)C[C@H]1OC(=O)c1cc(C(=O)OCc2ccccc2)c(C(=O)O[C@@H]2C[C@H](C)CC[C@H]2C(C)C)cc1C(=O)OCc1ccccc1. The van der Waals surface area contributed by atoms with Crippen LogP contribution in [0.5, 0.6) is 0 Å². The Bertz CT molecular complexity index is 1560. The molecule has 0 amide bonds. The number of ether oxygens (including phenoxy) is 4. The number of benzene rings is 3. The van der Waals surface area contributed by atoms with E-state index in [1.807, 2.05) is 60.7 Å². The number of carbonyl (C=O) groups is 4. The second-order valence-electron chi connectivity index (χ2n) is 15.6.